The average Bonchev–Trinajstić information content (AvgIpc) is 3.10. The van der Waals surface area contributed by atoms with Crippen LogP contribution in [0.15, 0.2) is 152 Å². The van der Waals surface area contributed by atoms with Crippen LogP contribution in [0.2, 0.25) is 0 Å². The molecule has 5 aromatic carbocycles. The van der Waals surface area contributed by atoms with Crippen LogP contribution in [0.3, 0.4) is 0 Å². The van der Waals surface area contributed by atoms with Crippen LogP contribution in [0, 0.1) is 0 Å². The number of hydrogen-bond donors (Lipinski definition) is 0. The maximum absolute atomic E-state index is 11.4. The predicted octanol–water partition coefficient (Wildman–Crippen LogP) is 2.08. The topological polar surface area (TPSA) is 187 Å². The van der Waals surface area contributed by atoms with Crippen molar-refractivity contribution in [1.29, 1.82) is 0 Å². The minimum absolute atomic E-state index is 0. The standard InChI is InChI=1S/C11H14O2.4C7H6O2.2Pb/c1-11(2,3)13-10(12)9-7-5-4-6-8-9;4*8-7(9)6-4-2-1-3-5-6;;/h4-8H,1-3H3;4*1-5H,(H,8,9);;/q;;;;;2*+2/p-4. The van der Waals surface area contributed by atoms with Crippen molar-refractivity contribution < 1.29 is 49.1 Å². The first kappa shape index (κ1) is 48.4. The van der Waals surface area contributed by atoms with E-state index in [-0.39, 0.29) is 82.8 Å². The summed E-state index contributed by atoms with van der Waals surface area (Å²) in [7, 11) is 0. The Bertz CT molecular complexity index is 1520. The van der Waals surface area contributed by atoms with E-state index >= 15 is 0 Å². The van der Waals surface area contributed by atoms with Crippen molar-refractivity contribution in [3.8, 4) is 0 Å². The molecule has 51 heavy (non-hydrogen) atoms. The number of ether oxygens (including phenoxy) is 1. The minimum Gasteiger partial charge on any atom is -0.545 e. The van der Waals surface area contributed by atoms with Gasteiger partial charge in [-0.1, -0.05) is 140 Å². The van der Waals surface area contributed by atoms with Gasteiger partial charge >= 0.3 is 60.6 Å². The molecule has 0 spiro atoms. The Hall–Kier alpha value is -4.71. The van der Waals surface area contributed by atoms with Crippen molar-refractivity contribution in [1.82, 2.24) is 0 Å². The molecule has 4 radical (unpaired) electrons. The molecular formula is C39H34O10Pb2. The number of hydrogen-bond acceptors (Lipinski definition) is 10. The molecule has 10 nitrogen and oxygen atoms in total. The average molecular weight is 1080 g/mol. The van der Waals surface area contributed by atoms with Crippen LogP contribution in [0.1, 0.15) is 72.6 Å². The van der Waals surface area contributed by atoms with E-state index in [1.807, 2.05) is 39.0 Å². The molecule has 0 saturated heterocycles. The van der Waals surface area contributed by atoms with E-state index in [2.05, 4.69) is 0 Å². The van der Waals surface area contributed by atoms with E-state index < -0.39 is 29.5 Å². The monoisotopic (exact) mass is 1080 g/mol. The Labute approximate surface area is 337 Å². The molecule has 0 aromatic heterocycles. The van der Waals surface area contributed by atoms with Crippen molar-refractivity contribution >= 4 is 84.4 Å². The molecule has 0 atom stereocenters. The summed E-state index contributed by atoms with van der Waals surface area (Å²) >= 11 is 0. The quantitative estimate of drug-likeness (QED) is 0.187. The first-order valence-corrected chi connectivity index (χ1v) is 14.5. The number of rotatable bonds is 5. The Kier molecular flexibility index (Phi) is 25.7. The van der Waals surface area contributed by atoms with E-state index in [9.17, 15) is 44.4 Å². The SMILES string of the molecule is CC(C)(C)OC(=O)c1ccccc1.O=C([O-])c1ccccc1.O=C([O-])c1ccccc1.O=C([O-])c1ccccc1.O=C([O-])c1ccccc1.[Pb+2].[Pb+2]. The van der Waals surface area contributed by atoms with Gasteiger partial charge in [0.1, 0.15) is 5.60 Å². The number of carbonyl (C=O) groups excluding carboxylic acids is 5. The zero-order valence-electron chi connectivity index (χ0n) is 28.0. The van der Waals surface area contributed by atoms with E-state index in [4.69, 9.17) is 4.74 Å². The van der Waals surface area contributed by atoms with Crippen molar-refractivity contribution in [2.45, 2.75) is 26.4 Å². The Morgan fingerprint density at radius 1 is 0.373 bits per heavy atom. The summed E-state index contributed by atoms with van der Waals surface area (Å²) in [6.45, 7) is 5.56. The second-order valence-electron chi connectivity index (χ2n) is 10.5. The molecule has 0 unspecified atom stereocenters. The number of aromatic carboxylic acids is 4. The van der Waals surface area contributed by atoms with Gasteiger partial charge in [0.2, 0.25) is 0 Å². The minimum atomic E-state index is -1.13. The Morgan fingerprint density at radius 2 is 0.549 bits per heavy atom. The number of carboxylic acid groups (broad SMARTS) is 4. The van der Waals surface area contributed by atoms with Gasteiger partial charge in [0, 0.05) is 0 Å². The first-order chi connectivity index (χ1) is 23.2. The van der Waals surface area contributed by atoms with Crippen molar-refractivity contribution in [3.05, 3.63) is 179 Å². The van der Waals surface area contributed by atoms with Crippen LogP contribution >= 0.6 is 0 Å². The van der Waals surface area contributed by atoms with Gasteiger partial charge in [-0.25, -0.2) is 4.79 Å². The molecule has 258 valence electrons. The fourth-order valence-electron chi connectivity index (χ4n) is 3.21. The van der Waals surface area contributed by atoms with Gasteiger partial charge in [-0.2, -0.15) is 0 Å². The molecule has 0 heterocycles. The second kappa shape index (κ2) is 27.1. The molecule has 0 bridgehead atoms. The number of carboxylic acids is 4. The van der Waals surface area contributed by atoms with Crippen LogP contribution < -0.4 is 20.4 Å². The van der Waals surface area contributed by atoms with Gasteiger partial charge in [0.05, 0.1) is 29.4 Å². The first-order valence-electron chi connectivity index (χ1n) is 14.5. The number of esters is 1. The maximum Gasteiger partial charge on any atom is 2.00 e. The van der Waals surface area contributed by atoms with Crippen LogP contribution in [0.25, 0.3) is 0 Å². The molecule has 5 aromatic rings. The maximum atomic E-state index is 11.4. The summed E-state index contributed by atoms with van der Waals surface area (Å²) in [6.07, 6.45) is 0. The summed E-state index contributed by atoms with van der Waals surface area (Å²) in [4.78, 5) is 51.8. The van der Waals surface area contributed by atoms with Crippen LogP contribution in [0.5, 0.6) is 0 Å². The van der Waals surface area contributed by atoms with Gasteiger partial charge in [-0.15, -0.1) is 0 Å². The van der Waals surface area contributed by atoms with Crippen LogP contribution in [-0.2, 0) is 4.74 Å². The molecule has 0 fully saturated rings. The third-order valence-corrected chi connectivity index (χ3v) is 5.45. The Morgan fingerprint density at radius 3 is 0.686 bits per heavy atom. The van der Waals surface area contributed by atoms with Gasteiger partial charge in [0.15, 0.2) is 0 Å². The van der Waals surface area contributed by atoms with E-state index in [0.29, 0.717) is 5.56 Å². The molecule has 0 aliphatic heterocycles. The second-order valence-corrected chi connectivity index (χ2v) is 10.5. The van der Waals surface area contributed by atoms with E-state index in [0.717, 1.165) is 0 Å². The zero-order valence-corrected chi connectivity index (χ0v) is 35.8. The van der Waals surface area contributed by atoms with Crippen molar-refractivity contribution in [3.63, 3.8) is 0 Å². The fourth-order valence-corrected chi connectivity index (χ4v) is 3.21. The van der Waals surface area contributed by atoms with E-state index in [1.165, 1.54) is 48.5 Å². The summed E-state index contributed by atoms with van der Waals surface area (Å²) < 4.78 is 5.18. The predicted molar refractivity (Wildman–Crippen MR) is 186 cm³/mol. The number of carbonyl (C=O) groups is 5. The third-order valence-electron chi connectivity index (χ3n) is 5.45. The Balaban J connectivity index is 0. The van der Waals surface area contributed by atoms with Crippen LogP contribution in [-0.4, -0.2) is 90.0 Å². The fraction of sp³-hybridized carbons (Fsp3) is 0.103. The molecule has 0 N–H and O–H groups in total. The number of benzene rings is 5. The van der Waals surface area contributed by atoms with Gasteiger partial charge in [-0.05, 0) is 55.2 Å². The molecular weight excluding hydrogens is 1040 g/mol. The smallest absolute Gasteiger partial charge is 0.545 e. The molecule has 5 rings (SSSR count). The van der Waals surface area contributed by atoms with Gasteiger partial charge < -0.3 is 44.3 Å². The largest absolute Gasteiger partial charge is 2.00 e. The third kappa shape index (κ3) is 23.4. The van der Waals surface area contributed by atoms with Gasteiger partial charge in [-0.3, -0.25) is 0 Å². The molecule has 0 amide bonds. The normalized spacial score (nSPS) is 9.08. The summed E-state index contributed by atoms with van der Waals surface area (Å²) in [6, 6.07) is 41.2. The molecule has 0 aliphatic rings. The molecule has 0 aliphatic carbocycles. The van der Waals surface area contributed by atoms with Gasteiger partial charge in [0.25, 0.3) is 0 Å². The summed E-state index contributed by atoms with van der Waals surface area (Å²) in [5.41, 5.74) is 1.05. The zero-order chi connectivity index (χ0) is 36.7. The molecule has 12 heteroatoms. The van der Waals surface area contributed by atoms with E-state index in [1.54, 1.807) is 84.9 Å². The summed E-state index contributed by atoms with van der Waals surface area (Å²) in [5, 5.41) is 40.4. The van der Waals surface area contributed by atoms with Crippen LogP contribution in [0.4, 0.5) is 0 Å². The van der Waals surface area contributed by atoms with Crippen molar-refractivity contribution in [2.24, 2.45) is 0 Å². The summed E-state index contributed by atoms with van der Waals surface area (Å²) in [5.74, 6) is -4.79. The molecule has 0 saturated carbocycles. The van der Waals surface area contributed by atoms with Crippen molar-refractivity contribution in [2.75, 3.05) is 0 Å².